The Morgan fingerprint density at radius 2 is 1.32 bits per heavy atom. The van der Waals surface area contributed by atoms with Crippen molar-refractivity contribution in [1.82, 2.24) is 15.5 Å². The molecule has 0 aromatic heterocycles. The number of ether oxygens (including phenoxy) is 5. The number of carboxylic acid groups (broad SMARTS) is 1. The summed E-state index contributed by atoms with van der Waals surface area (Å²) in [4.78, 5) is 50.5. The van der Waals surface area contributed by atoms with Gasteiger partial charge in [0.2, 0.25) is 11.8 Å². The smallest absolute Gasteiger partial charge is 0.317 e. The summed E-state index contributed by atoms with van der Waals surface area (Å²) in [6, 6.07) is 8.22. The maximum atomic E-state index is 13.2. The number of unbranched alkanes of at least 4 members (excludes halogenated alkanes) is 2. The van der Waals surface area contributed by atoms with Crippen molar-refractivity contribution < 1.29 is 88.8 Å². The molecule has 0 radical (unpaired) electrons. The highest BCUT2D eigenvalue weighted by Gasteiger charge is 2.45. The SMILES string of the molecule is O=C(O)CN(CC(=O)NCCCCCC(=O)OCc1ccccc1)CC(=O)N[C@H](CCO[C@@H]1O[C@@H](CO)[C@H](O)[C@@H](O)[C@H]1O)CO[C@H]1O[C@H](CO)[C@@H](O)[C@H](O)[C@@H]1O. The number of nitrogens with zero attached hydrogens (tertiary/aromatic N) is 1. The van der Waals surface area contributed by atoms with Gasteiger partial charge in [0.1, 0.15) is 55.4 Å². The van der Waals surface area contributed by atoms with Crippen molar-refractivity contribution in [2.75, 3.05) is 52.6 Å². The highest BCUT2D eigenvalue weighted by Crippen LogP contribution is 2.24. The third-order valence-electron chi connectivity index (χ3n) is 8.99. The zero-order valence-corrected chi connectivity index (χ0v) is 30.8. The Kier molecular flexibility index (Phi) is 20.4. The Morgan fingerprint density at radius 1 is 0.732 bits per heavy atom. The molecular formula is C35H55N3O18. The number of benzene rings is 1. The first-order valence-corrected chi connectivity index (χ1v) is 18.3. The number of amides is 2. The molecule has 21 heteroatoms. The van der Waals surface area contributed by atoms with E-state index in [-0.39, 0.29) is 38.6 Å². The number of rotatable bonds is 24. The standard InChI is InChI=1S/C35H55N3O18/c39-16-22-28(46)30(48)32(50)34(55-22)52-12-10-21(19-54-35-33(51)31(49)29(47)23(17-40)56-35)37-25(42)14-38(15-26(43)44)13-24(41)36-11-6-2-5-9-27(45)53-18-20-7-3-1-4-8-20/h1,3-4,7-8,21-23,28-35,39-40,46-51H,2,5-6,9-19H2,(H,36,41)(H,37,42)(H,43,44)/t21-,22+,23-,28+,29-,30-,31+,32-,33+,34-,35+/m1/s1. The maximum Gasteiger partial charge on any atom is 0.317 e. The number of aliphatic carboxylic acids is 1. The molecule has 1 aromatic carbocycles. The number of carbonyl (C=O) groups excluding carboxylic acids is 3. The highest BCUT2D eigenvalue weighted by atomic mass is 16.7. The van der Waals surface area contributed by atoms with Gasteiger partial charge < -0.3 is 80.3 Å². The summed E-state index contributed by atoms with van der Waals surface area (Å²) in [7, 11) is 0. The molecule has 21 nitrogen and oxygen atoms in total. The van der Waals surface area contributed by atoms with E-state index >= 15 is 0 Å². The lowest BCUT2D eigenvalue weighted by Crippen LogP contribution is -2.60. The van der Waals surface area contributed by atoms with Crippen molar-refractivity contribution in [1.29, 1.82) is 0 Å². The molecule has 0 unspecified atom stereocenters. The van der Waals surface area contributed by atoms with E-state index < -0.39 is 125 Å². The van der Waals surface area contributed by atoms with Crippen molar-refractivity contribution in [2.24, 2.45) is 0 Å². The van der Waals surface area contributed by atoms with E-state index in [2.05, 4.69) is 10.6 Å². The lowest BCUT2D eigenvalue weighted by Gasteiger charge is -2.40. The lowest BCUT2D eigenvalue weighted by atomic mass is 9.99. The van der Waals surface area contributed by atoms with Crippen LogP contribution >= 0.6 is 0 Å². The fourth-order valence-corrected chi connectivity index (χ4v) is 5.85. The fourth-order valence-electron chi connectivity index (χ4n) is 5.85. The molecule has 1 aromatic rings. The predicted octanol–water partition coefficient (Wildman–Crippen LogP) is -4.70. The molecule has 56 heavy (non-hydrogen) atoms. The summed E-state index contributed by atoms with van der Waals surface area (Å²) in [5.41, 5.74) is 0.873. The molecule has 11 atom stereocenters. The van der Waals surface area contributed by atoms with Crippen LogP contribution in [0, 0.1) is 0 Å². The Hall–Kier alpha value is -3.42. The van der Waals surface area contributed by atoms with Gasteiger partial charge in [-0.1, -0.05) is 36.8 Å². The van der Waals surface area contributed by atoms with Gasteiger partial charge in [-0.05, 0) is 24.8 Å². The number of hydrogen-bond acceptors (Lipinski definition) is 18. The average Bonchev–Trinajstić information content (AvgIpc) is 3.17. The largest absolute Gasteiger partial charge is 0.480 e. The van der Waals surface area contributed by atoms with E-state index in [9.17, 15) is 65.1 Å². The summed E-state index contributed by atoms with van der Waals surface area (Å²) in [6.07, 6.45) is -14.1. The Morgan fingerprint density at radius 3 is 1.91 bits per heavy atom. The van der Waals surface area contributed by atoms with Gasteiger partial charge in [-0.2, -0.15) is 0 Å². The average molecular weight is 806 g/mol. The summed E-state index contributed by atoms with van der Waals surface area (Å²) in [5, 5.41) is 94.5. The van der Waals surface area contributed by atoms with Gasteiger partial charge in [0.25, 0.3) is 0 Å². The number of carboxylic acids is 1. The second-order valence-electron chi connectivity index (χ2n) is 13.5. The van der Waals surface area contributed by atoms with Crippen LogP contribution < -0.4 is 10.6 Å². The number of aliphatic hydroxyl groups is 8. The minimum atomic E-state index is -1.76. The van der Waals surface area contributed by atoms with Gasteiger partial charge >= 0.3 is 11.9 Å². The van der Waals surface area contributed by atoms with Crippen LogP contribution in [0.5, 0.6) is 0 Å². The number of aliphatic hydroxyl groups excluding tert-OH is 8. The third-order valence-corrected chi connectivity index (χ3v) is 8.99. The Labute approximate surface area is 322 Å². The first-order chi connectivity index (χ1) is 26.7. The maximum absolute atomic E-state index is 13.2. The topological polar surface area (TPSA) is 324 Å². The molecule has 2 saturated heterocycles. The first-order valence-electron chi connectivity index (χ1n) is 18.3. The van der Waals surface area contributed by atoms with Gasteiger partial charge in [-0.15, -0.1) is 0 Å². The van der Waals surface area contributed by atoms with E-state index in [1.165, 1.54) is 0 Å². The van der Waals surface area contributed by atoms with E-state index in [1.807, 2.05) is 30.3 Å². The minimum Gasteiger partial charge on any atom is -0.480 e. The lowest BCUT2D eigenvalue weighted by molar-refractivity contribution is -0.304. The van der Waals surface area contributed by atoms with E-state index in [4.69, 9.17) is 23.7 Å². The zero-order chi connectivity index (χ0) is 41.2. The molecule has 2 aliphatic rings. The van der Waals surface area contributed by atoms with Crippen molar-refractivity contribution >= 4 is 23.8 Å². The molecule has 0 aliphatic carbocycles. The molecule has 0 spiro atoms. The number of nitrogens with one attached hydrogen (secondary N) is 2. The molecule has 318 valence electrons. The molecule has 2 aliphatic heterocycles. The van der Waals surface area contributed by atoms with E-state index in [0.717, 1.165) is 10.5 Å². The van der Waals surface area contributed by atoms with Crippen LogP contribution in [-0.4, -0.2) is 195 Å². The molecule has 0 saturated carbocycles. The number of esters is 1. The van der Waals surface area contributed by atoms with Crippen LogP contribution in [0.25, 0.3) is 0 Å². The molecule has 2 heterocycles. The molecule has 11 N–H and O–H groups in total. The van der Waals surface area contributed by atoms with Crippen LogP contribution in [0.15, 0.2) is 30.3 Å². The monoisotopic (exact) mass is 805 g/mol. The van der Waals surface area contributed by atoms with Crippen LogP contribution in [0.2, 0.25) is 0 Å². The van der Waals surface area contributed by atoms with Crippen LogP contribution in [0.3, 0.4) is 0 Å². The van der Waals surface area contributed by atoms with Gasteiger partial charge in [-0.25, -0.2) is 0 Å². The normalized spacial score (nSPS) is 28.4. The second-order valence-corrected chi connectivity index (χ2v) is 13.5. The summed E-state index contributed by atoms with van der Waals surface area (Å²) in [6.45, 7) is -3.48. The summed E-state index contributed by atoms with van der Waals surface area (Å²) in [5.74, 6) is -2.99. The zero-order valence-electron chi connectivity index (χ0n) is 30.8. The van der Waals surface area contributed by atoms with Crippen molar-refractivity contribution in [3.05, 3.63) is 35.9 Å². The van der Waals surface area contributed by atoms with Crippen molar-refractivity contribution in [3.63, 3.8) is 0 Å². The summed E-state index contributed by atoms with van der Waals surface area (Å²) < 4.78 is 27.0. The second kappa shape index (κ2) is 24.4. The number of carbonyl (C=O) groups is 4. The van der Waals surface area contributed by atoms with Crippen molar-refractivity contribution in [3.8, 4) is 0 Å². The Bertz CT molecular complexity index is 1340. The van der Waals surface area contributed by atoms with E-state index in [0.29, 0.717) is 19.3 Å². The first kappa shape index (κ1) is 47.0. The quantitative estimate of drug-likeness (QED) is 0.0345. The minimum absolute atomic E-state index is 0.123. The molecule has 2 amide bonds. The highest BCUT2D eigenvalue weighted by molar-refractivity contribution is 5.82. The Balaban J connectivity index is 1.51. The fraction of sp³-hybridized carbons (Fsp3) is 0.714. The van der Waals surface area contributed by atoms with Crippen LogP contribution in [-0.2, 0) is 49.5 Å². The molecular weight excluding hydrogens is 750 g/mol. The molecule has 0 bridgehead atoms. The molecule has 3 rings (SSSR count). The third kappa shape index (κ3) is 15.5. The summed E-state index contributed by atoms with van der Waals surface area (Å²) >= 11 is 0. The van der Waals surface area contributed by atoms with Crippen LogP contribution in [0.1, 0.15) is 37.7 Å². The van der Waals surface area contributed by atoms with Crippen LogP contribution in [0.4, 0.5) is 0 Å². The van der Waals surface area contributed by atoms with Gasteiger partial charge in [0, 0.05) is 13.0 Å². The van der Waals surface area contributed by atoms with Gasteiger partial charge in [0.15, 0.2) is 12.6 Å². The molecule has 2 fully saturated rings. The van der Waals surface area contributed by atoms with Gasteiger partial charge in [-0.3, -0.25) is 24.1 Å². The van der Waals surface area contributed by atoms with E-state index in [1.54, 1.807) is 0 Å². The number of hydrogen-bond donors (Lipinski definition) is 11. The predicted molar refractivity (Wildman–Crippen MR) is 188 cm³/mol. The van der Waals surface area contributed by atoms with Crippen molar-refractivity contribution in [2.45, 2.75) is 106 Å². The van der Waals surface area contributed by atoms with Gasteiger partial charge in [0.05, 0.1) is 52.1 Å².